The molecule has 138 valence electrons. The molecule has 2 aromatic rings. The number of thioether (sulfide) groups is 1. The Labute approximate surface area is 152 Å². The molecule has 0 saturated carbocycles. The third kappa shape index (κ3) is 3.44. The van der Waals surface area contributed by atoms with E-state index in [0.29, 0.717) is 17.9 Å². The van der Waals surface area contributed by atoms with Crippen LogP contribution in [0.5, 0.6) is 0 Å². The second-order valence-electron chi connectivity index (χ2n) is 6.28. The van der Waals surface area contributed by atoms with E-state index in [1.54, 1.807) is 20.8 Å². The maximum absolute atomic E-state index is 14.4. The monoisotopic (exact) mass is 381 g/mol. The summed E-state index contributed by atoms with van der Waals surface area (Å²) in [6, 6.07) is 2.91. The van der Waals surface area contributed by atoms with Crippen LogP contribution in [0.3, 0.4) is 0 Å². The van der Waals surface area contributed by atoms with Crippen molar-refractivity contribution in [2.45, 2.75) is 38.0 Å². The van der Waals surface area contributed by atoms with Gasteiger partial charge < -0.3 is 9.63 Å². The van der Waals surface area contributed by atoms with Gasteiger partial charge in [-0.1, -0.05) is 23.0 Å². The van der Waals surface area contributed by atoms with Crippen LogP contribution in [0.1, 0.15) is 42.0 Å². The average molecular weight is 381 g/mol. The zero-order chi connectivity index (χ0) is 19.1. The van der Waals surface area contributed by atoms with E-state index < -0.39 is 28.5 Å². The number of hydrogen-bond acceptors (Lipinski definition) is 5. The summed E-state index contributed by atoms with van der Waals surface area (Å²) in [4.78, 5) is 15.5. The van der Waals surface area contributed by atoms with Crippen molar-refractivity contribution in [3.63, 3.8) is 0 Å². The molecule has 0 bridgehead atoms. The number of nitrogens with one attached hydrogen (secondary N) is 1. The summed E-state index contributed by atoms with van der Waals surface area (Å²) >= 11 is 1.09. The van der Waals surface area contributed by atoms with Crippen molar-refractivity contribution < 1.29 is 23.2 Å². The van der Waals surface area contributed by atoms with Crippen LogP contribution in [0.25, 0.3) is 0 Å². The van der Waals surface area contributed by atoms with Gasteiger partial charge in [0.05, 0.1) is 16.5 Å². The van der Waals surface area contributed by atoms with Crippen LogP contribution in [0.15, 0.2) is 27.7 Å². The minimum absolute atomic E-state index is 0.139. The SMILES string of the molecule is Cc1noc(C)c1C1CC(C)(c2ccc(F)cc2F)SC(NC(=O)O)=N1. The normalized spacial score (nSPS) is 22.8. The van der Waals surface area contributed by atoms with Crippen LogP contribution in [-0.4, -0.2) is 21.5 Å². The zero-order valence-electron chi connectivity index (χ0n) is 14.3. The summed E-state index contributed by atoms with van der Waals surface area (Å²) < 4.78 is 32.1. The first kappa shape index (κ1) is 18.4. The van der Waals surface area contributed by atoms with Gasteiger partial charge >= 0.3 is 6.09 Å². The van der Waals surface area contributed by atoms with Crippen molar-refractivity contribution in [1.82, 2.24) is 10.5 Å². The van der Waals surface area contributed by atoms with Gasteiger partial charge in [0.2, 0.25) is 0 Å². The van der Waals surface area contributed by atoms with Gasteiger partial charge in [-0.15, -0.1) is 0 Å². The molecule has 0 radical (unpaired) electrons. The number of aryl methyl sites for hydroxylation is 2. The lowest BCUT2D eigenvalue weighted by atomic mass is 9.89. The van der Waals surface area contributed by atoms with Crippen molar-refractivity contribution in [2.75, 3.05) is 0 Å². The molecule has 2 heterocycles. The number of rotatable bonds is 2. The highest BCUT2D eigenvalue weighted by molar-refractivity contribution is 8.14. The molecule has 0 spiro atoms. The number of nitrogens with zero attached hydrogens (tertiary/aromatic N) is 2. The molecule has 0 saturated heterocycles. The van der Waals surface area contributed by atoms with Crippen molar-refractivity contribution in [3.05, 3.63) is 52.4 Å². The van der Waals surface area contributed by atoms with Crippen molar-refractivity contribution in [2.24, 2.45) is 4.99 Å². The third-order valence-corrected chi connectivity index (χ3v) is 5.55. The second-order valence-corrected chi connectivity index (χ2v) is 7.77. The number of benzene rings is 1. The second kappa shape index (κ2) is 6.71. The fourth-order valence-electron chi connectivity index (χ4n) is 3.20. The molecular formula is C17H17F2N3O3S. The summed E-state index contributed by atoms with van der Waals surface area (Å²) in [6.07, 6.45) is -0.897. The van der Waals surface area contributed by atoms with Crippen molar-refractivity contribution in [1.29, 1.82) is 0 Å². The first-order chi connectivity index (χ1) is 12.2. The largest absolute Gasteiger partial charge is 0.465 e. The van der Waals surface area contributed by atoms with Crippen molar-refractivity contribution >= 4 is 23.0 Å². The molecule has 0 fully saturated rings. The van der Waals surface area contributed by atoms with Crippen LogP contribution in [0.2, 0.25) is 0 Å². The Morgan fingerprint density at radius 1 is 1.42 bits per heavy atom. The Balaban J connectivity index is 2.08. The fraction of sp³-hybridized carbons (Fsp3) is 0.353. The quantitative estimate of drug-likeness (QED) is 0.810. The maximum Gasteiger partial charge on any atom is 0.410 e. The number of carbonyl (C=O) groups is 1. The number of halogens is 2. The number of hydrogen-bond donors (Lipinski definition) is 2. The van der Waals surface area contributed by atoms with E-state index in [2.05, 4.69) is 15.5 Å². The number of amidine groups is 1. The lowest BCUT2D eigenvalue weighted by Gasteiger charge is -2.36. The number of amides is 1. The number of aliphatic imine (C=N–C) groups is 1. The van der Waals surface area contributed by atoms with E-state index in [9.17, 15) is 13.6 Å². The van der Waals surface area contributed by atoms with Crippen LogP contribution in [0.4, 0.5) is 13.6 Å². The van der Waals surface area contributed by atoms with Gasteiger partial charge in [0.15, 0.2) is 5.17 Å². The first-order valence-corrected chi connectivity index (χ1v) is 8.66. The zero-order valence-corrected chi connectivity index (χ0v) is 15.2. The smallest absolute Gasteiger partial charge is 0.410 e. The summed E-state index contributed by atoms with van der Waals surface area (Å²) in [7, 11) is 0. The molecular weight excluding hydrogens is 364 g/mol. The van der Waals surface area contributed by atoms with Gasteiger partial charge in [-0.3, -0.25) is 10.3 Å². The standard InChI is InChI=1S/C17H17F2N3O3S/c1-8-14(9(2)25-22-8)13-7-17(3,26-15(20-13)21-16(23)24)11-5-4-10(18)6-12(11)19/h4-6,13H,7H2,1-3H3,(H,20,21)(H,23,24). The molecule has 26 heavy (non-hydrogen) atoms. The van der Waals surface area contributed by atoms with Gasteiger partial charge in [-0.25, -0.2) is 13.6 Å². The van der Waals surface area contributed by atoms with Gasteiger partial charge in [0.25, 0.3) is 0 Å². The highest BCUT2D eigenvalue weighted by atomic mass is 32.2. The molecule has 3 rings (SSSR count). The van der Waals surface area contributed by atoms with Gasteiger partial charge in [-0.2, -0.15) is 0 Å². The molecule has 6 nitrogen and oxygen atoms in total. The Morgan fingerprint density at radius 3 is 2.73 bits per heavy atom. The van der Waals surface area contributed by atoms with E-state index in [1.165, 1.54) is 12.1 Å². The predicted molar refractivity (Wildman–Crippen MR) is 93.2 cm³/mol. The highest BCUT2D eigenvalue weighted by Gasteiger charge is 2.41. The third-order valence-electron chi connectivity index (χ3n) is 4.31. The lowest BCUT2D eigenvalue weighted by Crippen LogP contribution is -2.36. The molecule has 1 aromatic heterocycles. The van der Waals surface area contributed by atoms with E-state index in [1.807, 2.05) is 0 Å². The first-order valence-electron chi connectivity index (χ1n) is 7.84. The molecule has 0 aliphatic carbocycles. The summed E-state index contributed by atoms with van der Waals surface area (Å²) in [5, 5.41) is 15.4. The van der Waals surface area contributed by atoms with E-state index in [4.69, 9.17) is 9.63 Å². The van der Waals surface area contributed by atoms with Gasteiger partial charge in [0, 0.05) is 17.2 Å². The Kier molecular flexibility index (Phi) is 4.74. The molecule has 2 unspecified atom stereocenters. The molecule has 2 atom stereocenters. The fourth-order valence-corrected chi connectivity index (χ4v) is 4.46. The number of aromatic nitrogens is 1. The molecule has 2 N–H and O–H groups in total. The van der Waals surface area contributed by atoms with Crippen LogP contribution >= 0.6 is 11.8 Å². The number of carboxylic acid groups (broad SMARTS) is 1. The van der Waals surface area contributed by atoms with Gasteiger partial charge in [0.1, 0.15) is 17.4 Å². The van der Waals surface area contributed by atoms with Crippen LogP contribution in [0, 0.1) is 25.5 Å². The molecule has 1 amide bonds. The summed E-state index contributed by atoms with van der Waals surface area (Å²) in [6.45, 7) is 5.29. The lowest BCUT2D eigenvalue weighted by molar-refractivity contribution is 0.200. The average Bonchev–Trinajstić information content (AvgIpc) is 2.84. The van der Waals surface area contributed by atoms with Crippen LogP contribution in [-0.2, 0) is 4.75 Å². The topological polar surface area (TPSA) is 87.7 Å². The van der Waals surface area contributed by atoms with Crippen LogP contribution < -0.4 is 5.32 Å². The molecule has 1 aromatic carbocycles. The van der Waals surface area contributed by atoms with Gasteiger partial charge in [-0.05, 0) is 33.3 Å². The minimum Gasteiger partial charge on any atom is -0.465 e. The molecule has 1 aliphatic rings. The van der Waals surface area contributed by atoms with E-state index >= 15 is 0 Å². The Morgan fingerprint density at radius 2 is 2.15 bits per heavy atom. The minimum atomic E-state index is -1.27. The van der Waals surface area contributed by atoms with E-state index in [-0.39, 0.29) is 10.7 Å². The predicted octanol–water partition coefficient (Wildman–Crippen LogP) is 4.29. The maximum atomic E-state index is 14.4. The van der Waals surface area contributed by atoms with E-state index in [0.717, 1.165) is 23.4 Å². The molecule has 9 heteroatoms. The summed E-state index contributed by atoms with van der Waals surface area (Å²) in [5.74, 6) is -0.788. The highest BCUT2D eigenvalue weighted by Crippen LogP contribution is 2.49. The van der Waals surface area contributed by atoms with Crippen molar-refractivity contribution in [3.8, 4) is 0 Å². The Hall–Kier alpha value is -2.42. The molecule has 1 aliphatic heterocycles. The summed E-state index contributed by atoms with van der Waals surface area (Å²) in [5.41, 5.74) is 1.66. The Bertz CT molecular complexity index is 880.